The summed E-state index contributed by atoms with van der Waals surface area (Å²) >= 11 is 5.86. The van der Waals surface area contributed by atoms with Gasteiger partial charge >= 0.3 is 5.97 Å². The van der Waals surface area contributed by atoms with E-state index in [-0.39, 0.29) is 24.7 Å². The zero-order valence-corrected chi connectivity index (χ0v) is 12.5. The van der Waals surface area contributed by atoms with Crippen molar-refractivity contribution in [1.82, 2.24) is 14.9 Å². The molecule has 0 aliphatic heterocycles. The summed E-state index contributed by atoms with van der Waals surface area (Å²) < 4.78 is 0. The van der Waals surface area contributed by atoms with Gasteiger partial charge in [0, 0.05) is 11.1 Å². The molecule has 1 aromatic carbocycles. The number of hydrogen-bond acceptors (Lipinski definition) is 4. The van der Waals surface area contributed by atoms with Crippen LogP contribution in [-0.2, 0) is 11.3 Å². The van der Waals surface area contributed by atoms with Crippen LogP contribution in [0.2, 0.25) is 5.02 Å². The van der Waals surface area contributed by atoms with Gasteiger partial charge in [0.15, 0.2) is 0 Å². The van der Waals surface area contributed by atoms with E-state index < -0.39 is 5.97 Å². The van der Waals surface area contributed by atoms with Gasteiger partial charge < -0.3 is 10.1 Å². The third kappa shape index (κ3) is 3.80. The Hall–Kier alpha value is -1.92. The van der Waals surface area contributed by atoms with Crippen molar-refractivity contribution < 1.29 is 9.90 Å². The van der Waals surface area contributed by atoms with Gasteiger partial charge in [0.2, 0.25) is 0 Å². The standard InChI is InChI=1S/C14H16ClN3O3/c1-8(2)18(7-13(19)20)6-12-16-11-4-3-9(15)5-10(11)14(21)17-12/h3-5,8H,6-7H2,1-2H3,(H,19,20)(H,16,17,21). The number of carboxylic acid groups (broad SMARTS) is 1. The van der Waals surface area contributed by atoms with E-state index >= 15 is 0 Å². The van der Waals surface area contributed by atoms with Crippen LogP contribution in [0.4, 0.5) is 0 Å². The number of nitrogens with zero attached hydrogens (tertiary/aromatic N) is 2. The highest BCUT2D eigenvalue weighted by Crippen LogP contribution is 2.15. The van der Waals surface area contributed by atoms with E-state index in [1.165, 1.54) is 0 Å². The summed E-state index contributed by atoms with van der Waals surface area (Å²) in [7, 11) is 0. The van der Waals surface area contributed by atoms with Crippen molar-refractivity contribution in [2.75, 3.05) is 6.54 Å². The number of rotatable bonds is 5. The maximum atomic E-state index is 12.0. The lowest BCUT2D eigenvalue weighted by molar-refractivity contribution is -0.139. The van der Waals surface area contributed by atoms with Crippen molar-refractivity contribution in [2.45, 2.75) is 26.4 Å². The molecule has 0 amide bonds. The van der Waals surface area contributed by atoms with Gasteiger partial charge in [-0.15, -0.1) is 0 Å². The van der Waals surface area contributed by atoms with E-state index in [2.05, 4.69) is 9.97 Å². The Morgan fingerprint density at radius 3 is 2.81 bits per heavy atom. The van der Waals surface area contributed by atoms with Crippen LogP contribution in [0.15, 0.2) is 23.0 Å². The molecule has 1 aromatic heterocycles. The van der Waals surface area contributed by atoms with Gasteiger partial charge in [0.25, 0.3) is 5.56 Å². The molecule has 1 heterocycles. The van der Waals surface area contributed by atoms with Crippen LogP contribution < -0.4 is 5.56 Å². The van der Waals surface area contributed by atoms with Gasteiger partial charge in [0.05, 0.1) is 24.0 Å². The SMILES string of the molecule is CC(C)N(CC(=O)O)Cc1nc2ccc(Cl)cc2c(=O)[nH]1. The quantitative estimate of drug-likeness (QED) is 0.880. The number of aromatic amines is 1. The smallest absolute Gasteiger partial charge is 0.317 e. The largest absolute Gasteiger partial charge is 0.480 e. The molecule has 2 N–H and O–H groups in total. The Kier molecular flexibility index (Phi) is 4.59. The second-order valence-electron chi connectivity index (χ2n) is 5.07. The van der Waals surface area contributed by atoms with Gasteiger partial charge in [-0.3, -0.25) is 14.5 Å². The predicted molar refractivity (Wildman–Crippen MR) is 80.6 cm³/mol. The average molecular weight is 310 g/mol. The second kappa shape index (κ2) is 6.24. The monoisotopic (exact) mass is 309 g/mol. The van der Waals surface area contributed by atoms with Crippen LogP contribution >= 0.6 is 11.6 Å². The molecule has 0 aliphatic carbocycles. The number of hydrogen-bond donors (Lipinski definition) is 2. The number of fused-ring (bicyclic) bond motifs is 1. The molecule has 7 heteroatoms. The number of H-pyrrole nitrogens is 1. The lowest BCUT2D eigenvalue weighted by Gasteiger charge is -2.23. The van der Waals surface area contributed by atoms with E-state index in [4.69, 9.17) is 16.7 Å². The number of aromatic nitrogens is 2. The summed E-state index contributed by atoms with van der Waals surface area (Å²) in [6.45, 7) is 3.93. The molecule has 21 heavy (non-hydrogen) atoms. The van der Waals surface area contributed by atoms with Gasteiger partial charge in [-0.1, -0.05) is 11.6 Å². The Balaban J connectivity index is 2.36. The molecule has 2 aromatic rings. The normalized spacial score (nSPS) is 11.5. The first kappa shape index (κ1) is 15.5. The van der Waals surface area contributed by atoms with Crippen LogP contribution in [0.5, 0.6) is 0 Å². The van der Waals surface area contributed by atoms with E-state index in [9.17, 15) is 9.59 Å². The molecule has 0 aliphatic rings. The fourth-order valence-corrected chi connectivity index (χ4v) is 2.19. The molecule has 0 saturated carbocycles. The highest BCUT2D eigenvalue weighted by atomic mass is 35.5. The average Bonchev–Trinajstić information content (AvgIpc) is 2.38. The Bertz CT molecular complexity index is 727. The molecule has 0 unspecified atom stereocenters. The van der Waals surface area contributed by atoms with Crippen molar-refractivity contribution in [3.63, 3.8) is 0 Å². The zero-order valence-electron chi connectivity index (χ0n) is 11.8. The Morgan fingerprint density at radius 2 is 2.19 bits per heavy atom. The van der Waals surface area contributed by atoms with Crippen LogP contribution in [-0.4, -0.2) is 38.5 Å². The third-order valence-corrected chi connectivity index (χ3v) is 3.37. The van der Waals surface area contributed by atoms with Gasteiger partial charge in [-0.25, -0.2) is 4.98 Å². The van der Waals surface area contributed by atoms with Crippen LogP contribution in [0.1, 0.15) is 19.7 Å². The fourth-order valence-electron chi connectivity index (χ4n) is 2.02. The molecule has 0 spiro atoms. The second-order valence-corrected chi connectivity index (χ2v) is 5.50. The minimum Gasteiger partial charge on any atom is -0.480 e. The zero-order chi connectivity index (χ0) is 15.6. The summed E-state index contributed by atoms with van der Waals surface area (Å²) in [4.78, 5) is 31.7. The van der Waals surface area contributed by atoms with Gasteiger partial charge in [0.1, 0.15) is 5.82 Å². The van der Waals surface area contributed by atoms with Crippen molar-refractivity contribution in [2.24, 2.45) is 0 Å². The summed E-state index contributed by atoms with van der Waals surface area (Å²) in [5, 5.41) is 9.81. The Labute approximate surface area is 126 Å². The summed E-state index contributed by atoms with van der Waals surface area (Å²) in [5.41, 5.74) is 0.258. The summed E-state index contributed by atoms with van der Waals surface area (Å²) in [6, 6.07) is 4.92. The van der Waals surface area contributed by atoms with Crippen molar-refractivity contribution >= 4 is 28.5 Å². The highest BCUT2D eigenvalue weighted by Gasteiger charge is 2.15. The molecule has 0 radical (unpaired) electrons. The molecule has 6 nitrogen and oxygen atoms in total. The first-order valence-electron chi connectivity index (χ1n) is 6.51. The van der Waals surface area contributed by atoms with Gasteiger partial charge in [-0.2, -0.15) is 0 Å². The number of carbonyl (C=O) groups is 1. The number of aliphatic carboxylic acids is 1. The van der Waals surface area contributed by atoms with Crippen LogP contribution in [0.3, 0.4) is 0 Å². The van der Waals surface area contributed by atoms with E-state index in [1.54, 1.807) is 23.1 Å². The van der Waals surface area contributed by atoms with Crippen LogP contribution in [0.25, 0.3) is 10.9 Å². The summed E-state index contributed by atoms with van der Waals surface area (Å²) in [6.07, 6.45) is 0. The molecule has 0 bridgehead atoms. The molecular formula is C14H16ClN3O3. The third-order valence-electron chi connectivity index (χ3n) is 3.14. The molecule has 112 valence electrons. The predicted octanol–water partition coefficient (Wildman–Crippen LogP) is 1.87. The van der Waals surface area contributed by atoms with Crippen molar-refractivity contribution in [3.05, 3.63) is 39.4 Å². The number of nitrogens with one attached hydrogen (secondary N) is 1. The number of halogens is 1. The maximum Gasteiger partial charge on any atom is 0.317 e. The van der Waals surface area contributed by atoms with Crippen LogP contribution in [0, 0.1) is 0 Å². The highest BCUT2D eigenvalue weighted by molar-refractivity contribution is 6.31. The molecule has 0 fully saturated rings. The van der Waals surface area contributed by atoms with Gasteiger partial charge in [-0.05, 0) is 32.0 Å². The lowest BCUT2D eigenvalue weighted by Crippen LogP contribution is -2.36. The van der Waals surface area contributed by atoms with E-state index in [0.717, 1.165) is 0 Å². The summed E-state index contributed by atoms with van der Waals surface area (Å²) in [5.74, 6) is -0.483. The lowest BCUT2D eigenvalue weighted by atomic mass is 10.2. The minimum absolute atomic E-state index is 0.0207. The molecule has 0 atom stereocenters. The Morgan fingerprint density at radius 1 is 1.48 bits per heavy atom. The first-order chi connectivity index (χ1) is 9.86. The van der Waals surface area contributed by atoms with E-state index in [0.29, 0.717) is 21.7 Å². The number of benzene rings is 1. The fraction of sp³-hybridized carbons (Fsp3) is 0.357. The maximum absolute atomic E-state index is 12.0. The first-order valence-corrected chi connectivity index (χ1v) is 6.89. The minimum atomic E-state index is -0.918. The van der Waals surface area contributed by atoms with E-state index in [1.807, 2.05) is 13.8 Å². The molecular weight excluding hydrogens is 294 g/mol. The topological polar surface area (TPSA) is 86.3 Å². The molecule has 0 saturated heterocycles. The van der Waals surface area contributed by atoms with Crippen molar-refractivity contribution in [1.29, 1.82) is 0 Å². The molecule has 2 rings (SSSR count). The van der Waals surface area contributed by atoms with Crippen molar-refractivity contribution in [3.8, 4) is 0 Å². The number of carboxylic acids is 1.